The Morgan fingerprint density at radius 3 is 2.60 bits per heavy atom. The minimum atomic E-state index is -0.0741. The van der Waals surface area contributed by atoms with Gasteiger partial charge >= 0.3 is 0 Å². The van der Waals surface area contributed by atoms with Gasteiger partial charge in [-0.3, -0.25) is 9.69 Å². The van der Waals surface area contributed by atoms with E-state index in [1.54, 1.807) is 13.2 Å². The lowest BCUT2D eigenvalue weighted by Crippen LogP contribution is -2.52. The molecule has 25 heavy (non-hydrogen) atoms. The van der Waals surface area contributed by atoms with Gasteiger partial charge in [0.2, 0.25) is 0 Å². The zero-order valence-electron chi connectivity index (χ0n) is 15.4. The van der Waals surface area contributed by atoms with Crippen LogP contribution in [0.15, 0.2) is 22.7 Å². The molecule has 1 unspecified atom stereocenters. The Hall–Kier alpha value is -1.11. The molecule has 0 spiro atoms. The summed E-state index contributed by atoms with van der Waals surface area (Å²) < 4.78 is 11.5. The topological polar surface area (TPSA) is 50.8 Å². The first-order chi connectivity index (χ1) is 12.1. The van der Waals surface area contributed by atoms with E-state index < -0.39 is 0 Å². The van der Waals surface area contributed by atoms with E-state index in [4.69, 9.17) is 9.47 Å². The monoisotopic (exact) mass is 412 g/mol. The molecular weight excluding hydrogens is 384 g/mol. The zero-order valence-corrected chi connectivity index (χ0v) is 17.0. The number of morpholine rings is 1. The number of methoxy groups -OCH3 is 1. The molecule has 1 aromatic rings. The van der Waals surface area contributed by atoms with Gasteiger partial charge in [-0.1, -0.05) is 26.7 Å². The largest absolute Gasteiger partial charge is 0.497 e. The number of carbonyl (C=O) groups excluding carboxylic acids is 1. The highest BCUT2D eigenvalue weighted by atomic mass is 79.9. The van der Waals surface area contributed by atoms with Crippen molar-refractivity contribution < 1.29 is 14.3 Å². The third-order valence-electron chi connectivity index (χ3n) is 5.00. The van der Waals surface area contributed by atoms with Crippen LogP contribution in [0.2, 0.25) is 0 Å². The molecule has 0 radical (unpaired) electrons. The molecule has 1 heterocycles. The Morgan fingerprint density at radius 1 is 1.32 bits per heavy atom. The van der Waals surface area contributed by atoms with Crippen LogP contribution >= 0.6 is 15.9 Å². The molecule has 2 rings (SSSR count). The number of carbonyl (C=O) groups is 1. The summed E-state index contributed by atoms with van der Waals surface area (Å²) in [6.07, 6.45) is 2.22. The number of ether oxygens (including phenoxy) is 2. The van der Waals surface area contributed by atoms with Gasteiger partial charge in [0.05, 0.1) is 25.9 Å². The van der Waals surface area contributed by atoms with Crippen molar-refractivity contribution in [2.24, 2.45) is 5.92 Å². The Morgan fingerprint density at radius 2 is 2.00 bits per heavy atom. The average molecular weight is 413 g/mol. The smallest absolute Gasteiger partial charge is 0.252 e. The summed E-state index contributed by atoms with van der Waals surface area (Å²) in [5.74, 6) is 1.17. The van der Waals surface area contributed by atoms with Crippen LogP contribution in [-0.4, -0.2) is 56.8 Å². The van der Waals surface area contributed by atoms with E-state index in [9.17, 15) is 4.79 Å². The maximum absolute atomic E-state index is 12.7. The molecule has 0 saturated carbocycles. The van der Waals surface area contributed by atoms with Gasteiger partial charge in [-0.05, 0) is 40.0 Å². The van der Waals surface area contributed by atoms with Crippen molar-refractivity contribution in [3.63, 3.8) is 0 Å². The molecule has 1 aromatic carbocycles. The van der Waals surface area contributed by atoms with Gasteiger partial charge in [0, 0.05) is 30.1 Å². The van der Waals surface area contributed by atoms with Crippen LogP contribution in [0.5, 0.6) is 5.75 Å². The van der Waals surface area contributed by atoms with Crippen molar-refractivity contribution in [1.29, 1.82) is 0 Å². The van der Waals surface area contributed by atoms with Gasteiger partial charge in [-0.25, -0.2) is 0 Å². The van der Waals surface area contributed by atoms with Crippen LogP contribution in [-0.2, 0) is 4.74 Å². The summed E-state index contributed by atoms with van der Waals surface area (Å²) in [5.41, 5.74) is 0.602. The minimum Gasteiger partial charge on any atom is -0.497 e. The molecule has 1 fully saturated rings. The molecule has 0 aliphatic carbocycles. The molecular formula is C19H29BrN2O3. The zero-order chi connectivity index (χ0) is 18.2. The Balaban J connectivity index is 2.07. The second-order valence-electron chi connectivity index (χ2n) is 6.35. The lowest BCUT2D eigenvalue weighted by Gasteiger charge is -2.38. The number of hydrogen-bond donors (Lipinski definition) is 1. The molecule has 5 nitrogen and oxygen atoms in total. The van der Waals surface area contributed by atoms with Crippen LogP contribution in [0.3, 0.4) is 0 Å². The Labute approximate surface area is 159 Å². The molecule has 1 aliphatic rings. The predicted molar refractivity (Wildman–Crippen MR) is 103 cm³/mol. The van der Waals surface area contributed by atoms with Crippen molar-refractivity contribution in [2.45, 2.75) is 32.7 Å². The van der Waals surface area contributed by atoms with Gasteiger partial charge in [-0.15, -0.1) is 0 Å². The Bertz CT molecular complexity index is 558. The number of rotatable bonds is 8. The SMILES string of the molecule is CCC(CC)C(CNC(=O)c1cc(OC)ccc1Br)N1CCOCC1. The van der Waals surface area contributed by atoms with Gasteiger partial charge < -0.3 is 14.8 Å². The molecule has 1 N–H and O–H groups in total. The third kappa shape index (κ3) is 5.43. The standard InChI is InChI=1S/C19H29BrN2O3/c1-4-14(5-2)18(22-8-10-25-11-9-22)13-21-19(23)16-12-15(24-3)6-7-17(16)20/h6-7,12,14,18H,4-5,8-11,13H2,1-3H3,(H,21,23). The minimum absolute atomic E-state index is 0.0741. The number of nitrogens with zero attached hydrogens (tertiary/aromatic N) is 1. The number of hydrogen-bond acceptors (Lipinski definition) is 4. The van der Waals surface area contributed by atoms with E-state index in [1.165, 1.54) is 0 Å². The fraction of sp³-hybridized carbons (Fsp3) is 0.632. The average Bonchev–Trinajstić information content (AvgIpc) is 2.66. The lowest BCUT2D eigenvalue weighted by molar-refractivity contribution is 0.00191. The highest BCUT2D eigenvalue weighted by Gasteiger charge is 2.27. The molecule has 1 saturated heterocycles. The molecule has 0 bridgehead atoms. The van der Waals surface area contributed by atoms with Gasteiger partial charge in [0.25, 0.3) is 5.91 Å². The van der Waals surface area contributed by atoms with Crippen LogP contribution in [0.25, 0.3) is 0 Å². The first kappa shape index (κ1) is 20.2. The third-order valence-corrected chi connectivity index (χ3v) is 5.69. The van der Waals surface area contributed by atoms with E-state index in [0.717, 1.165) is 43.6 Å². The first-order valence-corrected chi connectivity index (χ1v) is 9.83. The number of benzene rings is 1. The van der Waals surface area contributed by atoms with E-state index in [-0.39, 0.29) is 5.91 Å². The summed E-state index contributed by atoms with van der Waals surface area (Å²) in [7, 11) is 1.60. The summed E-state index contributed by atoms with van der Waals surface area (Å²) in [4.78, 5) is 15.1. The maximum atomic E-state index is 12.7. The number of halogens is 1. The van der Waals surface area contributed by atoms with Gasteiger partial charge in [0.1, 0.15) is 5.75 Å². The maximum Gasteiger partial charge on any atom is 0.252 e. The molecule has 6 heteroatoms. The molecule has 1 aliphatic heterocycles. The lowest BCUT2D eigenvalue weighted by atomic mass is 9.92. The molecule has 1 amide bonds. The second-order valence-corrected chi connectivity index (χ2v) is 7.20. The van der Waals surface area contributed by atoms with Crippen molar-refractivity contribution >= 4 is 21.8 Å². The summed E-state index contributed by atoms with van der Waals surface area (Å²) in [6, 6.07) is 5.78. The summed E-state index contributed by atoms with van der Waals surface area (Å²) in [6.45, 7) is 8.50. The summed E-state index contributed by atoms with van der Waals surface area (Å²) >= 11 is 3.46. The fourth-order valence-corrected chi connectivity index (χ4v) is 3.86. The van der Waals surface area contributed by atoms with Crippen LogP contribution in [0.4, 0.5) is 0 Å². The van der Waals surface area contributed by atoms with E-state index in [2.05, 4.69) is 40.0 Å². The first-order valence-electron chi connectivity index (χ1n) is 9.04. The fourth-order valence-electron chi connectivity index (χ4n) is 3.43. The molecule has 140 valence electrons. The summed E-state index contributed by atoms with van der Waals surface area (Å²) in [5, 5.41) is 3.13. The Kier molecular flexibility index (Phi) is 8.19. The van der Waals surface area contributed by atoms with Gasteiger partial charge in [-0.2, -0.15) is 0 Å². The highest BCUT2D eigenvalue weighted by molar-refractivity contribution is 9.10. The van der Waals surface area contributed by atoms with Crippen molar-refractivity contribution in [3.8, 4) is 5.75 Å². The van der Waals surface area contributed by atoms with E-state index in [1.807, 2.05) is 12.1 Å². The quantitative estimate of drug-likeness (QED) is 0.711. The normalized spacial score (nSPS) is 16.7. The van der Waals surface area contributed by atoms with Crippen LogP contribution in [0, 0.1) is 5.92 Å². The second kappa shape index (κ2) is 10.1. The van der Waals surface area contributed by atoms with E-state index in [0.29, 0.717) is 29.8 Å². The van der Waals surface area contributed by atoms with Crippen molar-refractivity contribution in [2.75, 3.05) is 40.0 Å². The molecule has 0 aromatic heterocycles. The highest BCUT2D eigenvalue weighted by Crippen LogP contribution is 2.23. The van der Waals surface area contributed by atoms with Crippen molar-refractivity contribution in [3.05, 3.63) is 28.2 Å². The van der Waals surface area contributed by atoms with Crippen LogP contribution < -0.4 is 10.1 Å². The number of amides is 1. The van der Waals surface area contributed by atoms with Crippen molar-refractivity contribution in [1.82, 2.24) is 10.2 Å². The van der Waals surface area contributed by atoms with Crippen LogP contribution in [0.1, 0.15) is 37.0 Å². The van der Waals surface area contributed by atoms with E-state index >= 15 is 0 Å². The van der Waals surface area contributed by atoms with Gasteiger partial charge in [0.15, 0.2) is 0 Å². The predicted octanol–water partition coefficient (Wildman–Crippen LogP) is 3.32. The molecule has 1 atom stereocenters. The number of nitrogens with one attached hydrogen (secondary N) is 1.